The molecular weight excluding hydrogens is 482 g/mol. The van der Waals surface area contributed by atoms with Crippen molar-refractivity contribution in [1.29, 1.82) is 0 Å². The Morgan fingerprint density at radius 2 is 1.95 bits per heavy atom. The van der Waals surface area contributed by atoms with Crippen molar-refractivity contribution in [3.63, 3.8) is 0 Å². The third kappa shape index (κ3) is 5.69. The molecule has 0 spiro atoms. The highest BCUT2D eigenvalue weighted by Crippen LogP contribution is 2.25. The van der Waals surface area contributed by atoms with Crippen LogP contribution in [0, 0.1) is 0 Å². The van der Waals surface area contributed by atoms with Gasteiger partial charge in [0.25, 0.3) is 0 Å². The van der Waals surface area contributed by atoms with Gasteiger partial charge in [0.05, 0.1) is 30.0 Å². The van der Waals surface area contributed by atoms with Gasteiger partial charge in [0, 0.05) is 44.1 Å². The van der Waals surface area contributed by atoms with Gasteiger partial charge in [-0.1, -0.05) is 29.5 Å². The number of likely N-dealkylation sites (N-methyl/N-ethyl adjacent to an activating group) is 1. The van der Waals surface area contributed by atoms with Crippen molar-refractivity contribution >= 4 is 22.8 Å². The molecule has 0 atom stereocenters. The number of anilines is 1. The van der Waals surface area contributed by atoms with Crippen LogP contribution < -0.4 is 10.7 Å². The number of nitrogens with zero attached hydrogens (tertiary/aromatic N) is 6. The Kier molecular flexibility index (Phi) is 6.88. The molecular formula is C28H33N7O3. The highest BCUT2D eigenvalue weighted by Gasteiger charge is 2.22. The van der Waals surface area contributed by atoms with E-state index in [1.807, 2.05) is 31.4 Å². The molecule has 0 radical (unpaired) electrons. The van der Waals surface area contributed by atoms with E-state index in [4.69, 9.17) is 4.74 Å². The lowest BCUT2D eigenvalue weighted by Gasteiger charge is -2.25. The van der Waals surface area contributed by atoms with Crippen LogP contribution >= 0.6 is 0 Å². The molecule has 0 unspecified atom stereocenters. The first-order valence-corrected chi connectivity index (χ1v) is 12.8. The molecule has 3 heterocycles. The van der Waals surface area contributed by atoms with Gasteiger partial charge in [0.2, 0.25) is 0 Å². The summed E-state index contributed by atoms with van der Waals surface area (Å²) in [6.45, 7) is 6.62. The fraction of sp³-hybridized carbons (Fsp3) is 0.393. The number of rotatable bonds is 7. The molecule has 1 N–H and O–H groups in total. The maximum atomic E-state index is 13.6. The zero-order valence-electron chi connectivity index (χ0n) is 22.2. The topological polar surface area (TPSA) is 107 Å². The minimum Gasteiger partial charge on any atom is -0.444 e. The number of benzene rings is 1. The maximum Gasteiger partial charge on any atom is 0.410 e. The van der Waals surface area contributed by atoms with Gasteiger partial charge in [-0.15, -0.1) is 5.10 Å². The van der Waals surface area contributed by atoms with E-state index in [2.05, 4.69) is 44.9 Å². The van der Waals surface area contributed by atoms with Crippen LogP contribution in [0.3, 0.4) is 0 Å². The summed E-state index contributed by atoms with van der Waals surface area (Å²) in [5.41, 5.74) is 3.97. The first-order valence-electron chi connectivity index (χ1n) is 12.8. The van der Waals surface area contributed by atoms with Crippen LogP contribution in [0.4, 0.5) is 10.5 Å². The van der Waals surface area contributed by atoms with Gasteiger partial charge in [-0.2, -0.15) is 0 Å². The number of carbonyl (C=O) groups excluding carboxylic acids is 1. The first kappa shape index (κ1) is 25.4. The molecule has 5 rings (SSSR count). The van der Waals surface area contributed by atoms with Gasteiger partial charge in [0.15, 0.2) is 5.43 Å². The minimum atomic E-state index is -0.577. The maximum absolute atomic E-state index is 13.6. The van der Waals surface area contributed by atoms with E-state index >= 15 is 0 Å². The molecule has 1 amide bonds. The molecule has 38 heavy (non-hydrogen) atoms. The zero-order chi connectivity index (χ0) is 26.9. The number of hydrogen-bond donors (Lipinski definition) is 1. The summed E-state index contributed by atoms with van der Waals surface area (Å²) in [5.74, 6) is 0. The van der Waals surface area contributed by atoms with Crippen molar-refractivity contribution in [1.82, 2.24) is 29.4 Å². The number of amides is 1. The van der Waals surface area contributed by atoms with E-state index in [1.165, 1.54) is 16.0 Å². The van der Waals surface area contributed by atoms with Gasteiger partial charge >= 0.3 is 6.09 Å². The Morgan fingerprint density at radius 1 is 1.21 bits per heavy atom. The minimum absolute atomic E-state index is 0.0990. The summed E-state index contributed by atoms with van der Waals surface area (Å²) in [4.78, 5) is 32.2. The molecule has 1 aliphatic carbocycles. The number of carbonyl (C=O) groups is 1. The molecule has 3 aromatic heterocycles. The molecule has 1 aliphatic rings. The highest BCUT2D eigenvalue weighted by atomic mass is 16.6. The Morgan fingerprint density at radius 3 is 2.61 bits per heavy atom. The summed E-state index contributed by atoms with van der Waals surface area (Å²) in [6, 6.07) is 10.6. The van der Waals surface area contributed by atoms with Crippen LogP contribution in [0.2, 0.25) is 0 Å². The van der Waals surface area contributed by atoms with Crippen molar-refractivity contribution in [2.75, 3.05) is 18.9 Å². The van der Waals surface area contributed by atoms with Gasteiger partial charge in [-0.25, -0.2) is 14.5 Å². The Hall–Kier alpha value is -4.21. The van der Waals surface area contributed by atoms with Gasteiger partial charge in [-0.05, 0) is 50.8 Å². The second kappa shape index (κ2) is 10.3. The SMILES string of the molecule is CN(CCn1cc(Cn2ccnn2)c(=O)c2cc(NC3Cc4ccccc4C3)cnc21)C(=O)OC(C)(C)C. The van der Waals surface area contributed by atoms with Crippen molar-refractivity contribution in [3.05, 3.63) is 82.0 Å². The lowest BCUT2D eigenvalue weighted by Crippen LogP contribution is -2.36. The van der Waals surface area contributed by atoms with Gasteiger partial charge in [-0.3, -0.25) is 4.79 Å². The molecule has 10 nitrogen and oxygen atoms in total. The predicted molar refractivity (Wildman–Crippen MR) is 145 cm³/mol. The lowest BCUT2D eigenvalue weighted by atomic mass is 10.1. The molecule has 0 saturated heterocycles. The summed E-state index contributed by atoms with van der Waals surface area (Å²) >= 11 is 0. The summed E-state index contributed by atoms with van der Waals surface area (Å²) in [7, 11) is 1.70. The number of nitrogens with one attached hydrogen (secondary N) is 1. The largest absolute Gasteiger partial charge is 0.444 e. The molecule has 0 bridgehead atoms. The van der Waals surface area contributed by atoms with E-state index in [-0.39, 0.29) is 18.0 Å². The van der Waals surface area contributed by atoms with E-state index in [0.29, 0.717) is 29.7 Å². The average Bonchev–Trinajstić information content (AvgIpc) is 3.53. The monoisotopic (exact) mass is 515 g/mol. The Labute approximate surface area is 221 Å². The van der Waals surface area contributed by atoms with Crippen molar-refractivity contribution in [3.8, 4) is 0 Å². The smallest absolute Gasteiger partial charge is 0.410 e. The predicted octanol–water partition coefficient (Wildman–Crippen LogP) is 3.48. The first-order chi connectivity index (χ1) is 18.2. The molecule has 0 fully saturated rings. The standard InChI is InChI=1S/C28H33N7O3/c1-28(2,3)38-27(37)33(4)11-12-34-17-21(18-35-10-9-30-32-35)25(36)24-15-23(16-29-26(24)34)31-22-13-19-7-5-6-8-20(19)14-22/h5-10,15-17,22,31H,11-14,18H2,1-4H3. The second-order valence-electron chi connectivity index (χ2n) is 10.8. The summed E-state index contributed by atoms with van der Waals surface area (Å²) in [5, 5.41) is 12.0. The second-order valence-corrected chi connectivity index (χ2v) is 10.8. The Bertz CT molecular complexity index is 1480. The van der Waals surface area contributed by atoms with Gasteiger partial charge < -0.3 is 19.5 Å². The van der Waals surface area contributed by atoms with Crippen molar-refractivity contribution in [2.45, 2.75) is 58.3 Å². The zero-order valence-corrected chi connectivity index (χ0v) is 22.2. The molecule has 0 aliphatic heterocycles. The van der Waals surface area contributed by atoms with Crippen LogP contribution in [-0.4, -0.2) is 60.8 Å². The molecule has 4 aromatic rings. The van der Waals surface area contributed by atoms with Crippen molar-refractivity contribution < 1.29 is 9.53 Å². The van der Waals surface area contributed by atoms with Crippen LogP contribution in [0.5, 0.6) is 0 Å². The fourth-order valence-corrected chi connectivity index (χ4v) is 4.77. The third-order valence-electron chi connectivity index (χ3n) is 6.59. The molecule has 198 valence electrons. The van der Waals surface area contributed by atoms with Crippen LogP contribution in [0.25, 0.3) is 11.0 Å². The quantitative estimate of drug-likeness (QED) is 0.402. The number of ether oxygens (including phenoxy) is 1. The Balaban J connectivity index is 1.42. The van der Waals surface area contributed by atoms with E-state index < -0.39 is 11.7 Å². The summed E-state index contributed by atoms with van der Waals surface area (Å²) < 4.78 is 9.01. The van der Waals surface area contributed by atoms with Crippen LogP contribution in [0.1, 0.15) is 37.5 Å². The van der Waals surface area contributed by atoms with E-state index in [9.17, 15) is 9.59 Å². The number of aromatic nitrogens is 5. The normalized spacial score (nSPS) is 13.5. The number of hydrogen-bond acceptors (Lipinski definition) is 7. The van der Waals surface area contributed by atoms with Crippen LogP contribution in [0.15, 0.2) is 59.9 Å². The molecule has 0 saturated carbocycles. The van der Waals surface area contributed by atoms with E-state index in [1.54, 1.807) is 36.5 Å². The fourth-order valence-electron chi connectivity index (χ4n) is 4.77. The number of fused-ring (bicyclic) bond motifs is 2. The van der Waals surface area contributed by atoms with Gasteiger partial charge in [0.1, 0.15) is 11.2 Å². The molecule has 1 aromatic carbocycles. The van der Waals surface area contributed by atoms with E-state index in [0.717, 1.165) is 18.5 Å². The van der Waals surface area contributed by atoms with Crippen LogP contribution in [-0.2, 0) is 30.7 Å². The molecule has 10 heteroatoms. The summed E-state index contributed by atoms with van der Waals surface area (Å²) in [6.07, 6.45) is 8.34. The number of pyridine rings is 2. The highest BCUT2D eigenvalue weighted by molar-refractivity contribution is 5.79. The lowest BCUT2D eigenvalue weighted by molar-refractivity contribution is 0.0294. The third-order valence-corrected chi connectivity index (χ3v) is 6.59. The average molecular weight is 516 g/mol. The van der Waals surface area contributed by atoms with Crippen molar-refractivity contribution in [2.24, 2.45) is 0 Å².